The van der Waals surface area contributed by atoms with Crippen LogP contribution in [0.4, 0.5) is 10.2 Å². The van der Waals surface area contributed by atoms with Gasteiger partial charge in [-0.1, -0.05) is 6.07 Å². The molecule has 0 bridgehead atoms. The largest absolute Gasteiger partial charge is 0.481 e. The maximum absolute atomic E-state index is 12.8. The molecule has 0 aliphatic rings. The van der Waals surface area contributed by atoms with Gasteiger partial charge in [-0.3, -0.25) is 9.59 Å². The average molecular weight is 288 g/mol. The maximum atomic E-state index is 12.8. The molecule has 21 heavy (non-hydrogen) atoms. The molecule has 1 aromatic carbocycles. The lowest BCUT2D eigenvalue weighted by Crippen LogP contribution is -2.13. The van der Waals surface area contributed by atoms with E-state index in [4.69, 9.17) is 5.11 Å². The molecular weight excluding hydrogens is 275 g/mol. The Morgan fingerprint density at radius 3 is 2.38 bits per heavy atom. The van der Waals surface area contributed by atoms with Gasteiger partial charge in [-0.15, -0.1) is 0 Å². The van der Waals surface area contributed by atoms with Crippen LogP contribution in [0.15, 0.2) is 42.6 Å². The number of carbonyl (C=O) groups excluding carboxylic acids is 1. The zero-order valence-electron chi connectivity index (χ0n) is 11.2. The van der Waals surface area contributed by atoms with Gasteiger partial charge < -0.3 is 10.4 Å². The van der Waals surface area contributed by atoms with E-state index in [1.54, 1.807) is 13.0 Å². The Kier molecular flexibility index (Phi) is 4.27. The van der Waals surface area contributed by atoms with Crippen molar-refractivity contribution in [1.29, 1.82) is 0 Å². The summed E-state index contributed by atoms with van der Waals surface area (Å²) in [6.07, 6.45) is 1.40. The van der Waals surface area contributed by atoms with Crippen LogP contribution in [0.25, 0.3) is 0 Å². The molecule has 108 valence electrons. The first-order valence-corrected chi connectivity index (χ1v) is 6.23. The minimum Gasteiger partial charge on any atom is -0.481 e. The highest BCUT2D eigenvalue weighted by molar-refractivity contribution is 6.03. The van der Waals surface area contributed by atoms with Crippen LogP contribution in [0, 0.1) is 5.82 Å². The van der Waals surface area contributed by atoms with Crippen LogP contribution in [0.5, 0.6) is 0 Å². The van der Waals surface area contributed by atoms with Crippen molar-refractivity contribution in [2.45, 2.75) is 12.8 Å². The van der Waals surface area contributed by atoms with Crippen molar-refractivity contribution in [3.05, 3.63) is 59.5 Å². The van der Waals surface area contributed by atoms with Crippen LogP contribution in [0.2, 0.25) is 0 Å². The van der Waals surface area contributed by atoms with Crippen molar-refractivity contribution in [2.24, 2.45) is 0 Å². The van der Waals surface area contributed by atoms with Crippen molar-refractivity contribution in [1.82, 2.24) is 4.98 Å². The number of carbonyl (C=O) groups is 2. The molecule has 0 aliphatic heterocycles. The molecule has 0 fully saturated rings. The smallest absolute Gasteiger partial charge is 0.310 e. The van der Waals surface area contributed by atoms with E-state index in [1.165, 1.54) is 36.5 Å². The van der Waals surface area contributed by atoms with Crippen LogP contribution in [-0.4, -0.2) is 22.0 Å². The fraction of sp³-hybridized carbons (Fsp3) is 0.133. The summed E-state index contributed by atoms with van der Waals surface area (Å²) in [5.74, 6) is -2.15. The molecular formula is C15H13FN2O3. The Labute approximate surface area is 120 Å². The molecule has 2 rings (SSSR count). The molecule has 0 spiro atoms. The number of nitrogens with zero attached hydrogens (tertiary/aromatic N) is 1. The van der Waals surface area contributed by atoms with Crippen molar-refractivity contribution >= 4 is 17.7 Å². The number of anilines is 1. The van der Waals surface area contributed by atoms with E-state index >= 15 is 0 Å². The first-order chi connectivity index (χ1) is 9.97. The Morgan fingerprint density at radius 1 is 1.19 bits per heavy atom. The van der Waals surface area contributed by atoms with Gasteiger partial charge in [0.05, 0.1) is 5.92 Å². The van der Waals surface area contributed by atoms with E-state index < -0.39 is 23.6 Å². The normalized spacial score (nSPS) is 11.7. The molecule has 1 atom stereocenters. The number of carboxylic acids is 1. The molecule has 5 nitrogen and oxygen atoms in total. The summed E-state index contributed by atoms with van der Waals surface area (Å²) in [4.78, 5) is 26.7. The van der Waals surface area contributed by atoms with Crippen LogP contribution in [0.1, 0.15) is 28.8 Å². The number of halogens is 1. The summed E-state index contributed by atoms with van der Waals surface area (Å²) in [7, 11) is 0. The molecule has 0 saturated heterocycles. The van der Waals surface area contributed by atoms with E-state index in [1.807, 2.05) is 0 Å². The lowest BCUT2D eigenvalue weighted by atomic mass is 10.0. The molecule has 1 amide bonds. The first-order valence-electron chi connectivity index (χ1n) is 6.23. The molecule has 0 aliphatic carbocycles. The van der Waals surface area contributed by atoms with E-state index in [2.05, 4.69) is 10.3 Å². The van der Waals surface area contributed by atoms with Crippen LogP contribution in [0.3, 0.4) is 0 Å². The Morgan fingerprint density at radius 2 is 1.86 bits per heavy atom. The van der Waals surface area contributed by atoms with E-state index in [-0.39, 0.29) is 0 Å². The third-order valence-corrected chi connectivity index (χ3v) is 3.00. The summed E-state index contributed by atoms with van der Waals surface area (Å²) in [5, 5.41) is 11.4. The molecule has 2 N–H and O–H groups in total. The molecule has 1 heterocycles. The van der Waals surface area contributed by atoms with Crippen LogP contribution in [-0.2, 0) is 4.79 Å². The highest BCUT2D eigenvalue weighted by Gasteiger charge is 2.14. The molecule has 2 aromatic rings. The topological polar surface area (TPSA) is 79.3 Å². The lowest BCUT2D eigenvalue weighted by molar-refractivity contribution is -0.138. The number of carboxylic acid groups (broad SMARTS) is 1. The van der Waals surface area contributed by atoms with E-state index in [0.29, 0.717) is 16.9 Å². The number of pyridine rings is 1. The van der Waals surface area contributed by atoms with Crippen LogP contribution >= 0.6 is 0 Å². The fourth-order valence-corrected chi connectivity index (χ4v) is 1.67. The Bertz CT molecular complexity index is 654. The number of hydrogen-bond donors (Lipinski definition) is 2. The van der Waals surface area contributed by atoms with E-state index in [0.717, 1.165) is 0 Å². The minimum atomic E-state index is -0.945. The molecule has 0 saturated carbocycles. The van der Waals surface area contributed by atoms with Gasteiger partial charge in [0.25, 0.3) is 5.91 Å². The van der Waals surface area contributed by atoms with Crippen LogP contribution < -0.4 is 5.32 Å². The Hall–Kier alpha value is -2.76. The third-order valence-electron chi connectivity index (χ3n) is 3.00. The second kappa shape index (κ2) is 6.13. The second-order valence-corrected chi connectivity index (χ2v) is 4.50. The van der Waals surface area contributed by atoms with Gasteiger partial charge in [0.2, 0.25) is 0 Å². The summed E-state index contributed by atoms with van der Waals surface area (Å²) in [6.45, 7) is 1.55. The Balaban J connectivity index is 2.08. The number of rotatable bonds is 4. The second-order valence-electron chi connectivity index (χ2n) is 4.50. The zero-order chi connectivity index (χ0) is 15.4. The minimum absolute atomic E-state index is 0.297. The highest BCUT2D eigenvalue weighted by atomic mass is 19.1. The number of nitrogens with one attached hydrogen (secondary N) is 1. The molecule has 1 aromatic heterocycles. The number of hydrogen-bond acceptors (Lipinski definition) is 3. The van der Waals surface area contributed by atoms with Crippen molar-refractivity contribution in [3.8, 4) is 0 Å². The standard InChI is InChI=1S/C15H13FN2O3/c1-9(15(20)21)11-4-7-13(17-8-11)18-14(19)10-2-5-12(16)6-3-10/h2-9H,1H3,(H,20,21)(H,17,18,19). The molecule has 0 radical (unpaired) electrons. The van der Waals surface area contributed by atoms with E-state index in [9.17, 15) is 14.0 Å². The third kappa shape index (κ3) is 3.62. The van der Waals surface area contributed by atoms with Crippen molar-refractivity contribution in [2.75, 3.05) is 5.32 Å². The van der Waals surface area contributed by atoms with Gasteiger partial charge in [0, 0.05) is 11.8 Å². The van der Waals surface area contributed by atoms with Gasteiger partial charge in [0.15, 0.2) is 0 Å². The summed E-state index contributed by atoms with van der Waals surface area (Å²) in [6, 6.07) is 8.24. The van der Waals surface area contributed by atoms with Crippen molar-refractivity contribution < 1.29 is 19.1 Å². The maximum Gasteiger partial charge on any atom is 0.310 e. The zero-order valence-corrected chi connectivity index (χ0v) is 11.2. The SMILES string of the molecule is CC(C(=O)O)c1ccc(NC(=O)c2ccc(F)cc2)nc1. The summed E-state index contributed by atoms with van der Waals surface area (Å²) < 4.78 is 12.8. The lowest BCUT2D eigenvalue weighted by Gasteiger charge is -2.08. The van der Waals surface area contributed by atoms with Crippen molar-refractivity contribution in [3.63, 3.8) is 0 Å². The van der Waals surface area contributed by atoms with Gasteiger partial charge >= 0.3 is 5.97 Å². The van der Waals surface area contributed by atoms with Gasteiger partial charge in [-0.25, -0.2) is 9.37 Å². The summed E-state index contributed by atoms with van der Waals surface area (Å²) in [5.41, 5.74) is 0.850. The number of amides is 1. The highest BCUT2D eigenvalue weighted by Crippen LogP contribution is 2.16. The molecule has 6 heteroatoms. The fourth-order valence-electron chi connectivity index (χ4n) is 1.67. The quantitative estimate of drug-likeness (QED) is 0.906. The van der Waals surface area contributed by atoms with Gasteiger partial charge in [0.1, 0.15) is 11.6 Å². The first kappa shape index (κ1) is 14.6. The predicted molar refractivity (Wildman–Crippen MR) is 74.6 cm³/mol. The number of aromatic nitrogens is 1. The van der Waals surface area contributed by atoms with Gasteiger partial charge in [-0.2, -0.15) is 0 Å². The monoisotopic (exact) mass is 288 g/mol. The predicted octanol–water partition coefficient (Wildman–Crippen LogP) is 2.66. The average Bonchev–Trinajstić information content (AvgIpc) is 2.47. The number of benzene rings is 1. The molecule has 1 unspecified atom stereocenters. The number of aliphatic carboxylic acids is 1. The summed E-state index contributed by atoms with van der Waals surface area (Å²) >= 11 is 0. The van der Waals surface area contributed by atoms with Gasteiger partial charge in [-0.05, 0) is 42.8 Å².